The van der Waals surface area contributed by atoms with Crippen molar-refractivity contribution in [1.82, 2.24) is 14.9 Å². The summed E-state index contributed by atoms with van der Waals surface area (Å²) in [7, 11) is 0. The number of morpholine rings is 1. The van der Waals surface area contributed by atoms with E-state index in [2.05, 4.69) is 4.98 Å². The van der Waals surface area contributed by atoms with Gasteiger partial charge in [-0.25, -0.2) is 4.39 Å². The fourth-order valence-electron chi connectivity index (χ4n) is 4.48. The van der Waals surface area contributed by atoms with Crippen LogP contribution in [0.15, 0.2) is 66.9 Å². The highest BCUT2D eigenvalue weighted by Crippen LogP contribution is 2.25. The van der Waals surface area contributed by atoms with E-state index in [0.717, 1.165) is 39.0 Å². The lowest BCUT2D eigenvalue weighted by Gasteiger charge is -2.33. The van der Waals surface area contributed by atoms with E-state index in [4.69, 9.17) is 9.72 Å². The smallest absolute Gasteiger partial charge is 0.227 e. The van der Waals surface area contributed by atoms with Crippen LogP contribution < -0.4 is 0 Å². The molecule has 6 heteroatoms. The standard InChI is InChI=1S/C27H26FN3O2/c1-18-12-20(13-19-6-8-22(28)9-7-19)14-25(30-18)26-17-31(10-11-33-26)27(32)15-21-16-29-24-5-3-2-4-23(21)24/h2-9,12,14,16,26,29H,10-11,13,15,17H2,1H3. The van der Waals surface area contributed by atoms with E-state index in [-0.39, 0.29) is 17.8 Å². The molecule has 1 fully saturated rings. The second-order valence-electron chi connectivity index (χ2n) is 8.58. The Morgan fingerprint density at radius 1 is 1.15 bits per heavy atom. The second kappa shape index (κ2) is 9.16. The minimum absolute atomic E-state index is 0.0900. The Hall–Kier alpha value is -3.51. The van der Waals surface area contributed by atoms with Crippen LogP contribution >= 0.6 is 0 Å². The number of aromatic amines is 1. The summed E-state index contributed by atoms with van der Waals surface area (Å²) in [6.45, 7) is 3.49. The van der Waals surface area contributed by atoms with E-state index in [0.29, 0.717) is 32.5 Å². The summed E-state index contributed by atoms with van der Waals surface area (Å²) in [4.78, 5) is 22.9. The number of rotatable bonds is 5. The summed E-state index contributed by atoms with van der Waals surface area (Å²) >= 11 is 0. The van der Waals surface area contributed by atoms with E-state index in [1.165, 1.54) is 12.1 Å². The van der Waals surface area contributed by atoms with Gasteiger partial charge in [-0.15, -0.1) is 0 Å². The maximum absolute atomic E-state index is 13.2. The zero-order chi connectivity index (χ0) is 22.8. The maximum atomic E-state index is 13.2. The lowest BCUT2D eigenvalue weighted by atomic mass is 10.0. The highest BCUT2D eigenvalue weighted by Gasteiger charge is 2.27. The van der Waals surface area contributed by atoms with Gasteiger partial charge in [0.05, 0.1) is 25.3 Å². The fourth-order valence-corrected chi connectivity index (χ4v) is 4.48. The fraction of sp³-hybridized carbons (Fsp3) is 0.259. The van der Waals surface area contributed by atoms with Gasteiger partial charge in [0, 0.05) is 29.3 Å². The molecule has 1 unspecified atom stereocenters. The predicted octanol–water partition coefficient (Wildman–Crippen LogP) is 4.74. The molecule has 33 heavy (non-hydrogen) atoms. The van der Waals surface area contributed by atoms with Crippen molar-refractivity contribution in [3.8, 4) is 0 Å². The van der Waals surface area contributed by atoms with Crippen LogP contribution in [0.2, 0.25) is 0 Å². The average Bonchev–Trinajstić information content (AvgIpc) is 3.23. The number of aromatic nitrogens is 2. The SMILES string of the molecule is Cc1cc(Cc2ccc(F)cc2)cc(C2CN(C(=O)Cc3c[nH]c4ccccc34)CCO2)n1. The number of fused-ring (bicyclic) bond motifs is 1. The number of nitrogens with zero attached hydrogens (tertiary/aromatic N) is 2. The van der Waals surface area contributed by atoms with E-state index in [1.807, 2.05) is 54.4 Å². The normalized spacial score (nSPS) is 16.3. The van der Waals surface area contributed by atoms with E-state index in [1.54, 1.807) is 12.1 Å². The molecule has 2 aromatic heterocycles. The molecule has 1 amide bonds. The first-order valence-corrected chi connectivity index (χ1v) is 11.2. The van der Waals surface area contributed by atoms with Gasteiger partial charge in [0.15, 0.2) is 0 Å². The van der Waals surface area contributed by atoms with E-state index in [9.17, 15) is 9.18 Å². The van der Waals surface area contributed by atoms with Crippen LogP contribution in [0.5, 0.6) is 0 Å². The Kier molecular flexibility index (Phi) is 5.92. The number of hydrogen-bond acceptors (Lipinski definition) is 3. The lowest BCUT2D eigenvalue weighted by Crippen LogP contribution is -2.43. The molecule has 3 heterocycles. The molecule has 5 nitrogen and oxygen atoms in total. The summed E-state index contributed by atoms with van der Waals surface area (Å²) in [5.74, 6) is -0.148. The molecule has 1 saturated heterocycles. The third-order valence-electron chi connectivity index (χ3n) is 6.12. The van der Waals surface area contributed by atoms with Crippen molar-refractivity contribution in [3.63, 3.8) is 0 Å². The number of nitrogens with one attached hydrogen (secondary N) is 1. The van der Waals surface area contributed by atoms with Gasteiger partial charge in [-0.1, -0.05) is 30.3 Å². The number of ether oxygens (including phenoxy) is 1. The van der Waals surface area contributed by atoms with Gasteiger partial charge in [-0.05, 0) is 60.4 Å². The molecule has 0 bridgehead atoms. The summed E-state index contributed by atoms with van der Waals surface area (Å²) in [6.07, 6.45) is 2.70. The topological polar surface area (TPSA) is 58.2 Å². The van der Waals surface area contributed by atoms with Gasteiger partial charge in [-0.3, -0.25) is 9.78 Å². The molecule has 1 N–H and O–H groups in total. The largest absolute Gasteiger partial charge is 0.368 e. The number of carbonyl (C=O) groups is 1. The summed E-state index contributed by atoms with van der Waals surface area (Å²) in [5.41, 5.74) is 5.90. The number of aryl methyl sites for hydroxylation is 1. The number of pyridine rings is 1. The molecule has 0 saturated carbocycles. The minimum Gasteiger partial charge on any atom is -0.368 e. The van der Waals surface area contributed by atoms with Crippen molar-refractivity contribution in [2.75, 3.05) is 19.7 Å². The third-order valence-corrected chi connectivity index (χ3v) is 6.12. The first-order chi connectivity index (χ1) is 16.0. The van der Waals surface area contributed by atoms with Crippen LogP contribution in [0.4, 0.5) is 4.39 Å². The van der Waals surface area contributed by atoms with Crippen molar-refractivity contribution >= 4 is 16.8 Å². The van der Waals surface area contributed by atoms with Crippen molar-refractivity contribution in [1.29, 1.82) is 0 Å². The summed E-state index contributed by atoms with van der Waals surface area (Å²) < 4.78 is 19.2. The van der Waals surface area contributed by atoms with Crippen LogP contribution in [0, 0.1) is 12.7 Å². The van der Waals surface area contributed by atoms with Crippen molar-refractivity contribution in [2.24, 2.45) is 0 Å². The van der Waals surface area contributed by atoms with Crippen LogP contribution in [0.3, 0.4) is 0 Å². The average molecular weight is 444 g/mol. The van der Waals surface area contributed by atoms with Crippen LogP contribution in [0.25, 0.3) is 10.9 Å². The zero-order valence-corrected chi connectivity index (χ0v) is 18.6. The van der Waals surface area contributed by atoms with Gasteiger partial charge in [-0.2, -0.15) is 0 Å². The molecule has 0 spiro atoms. The number of halogens is 1. The molecule has 1 atom stereocenters. The van der Waals surface area contributed by atoms with Crippen molar-refractivity contribution < 1.29 is 13.9 Å². The monoisotopic (exact) mass is 443 g/mol. The number of benzene rings is 2. The molecular formula is C27H26FN3O2. The molecule has 1 aliphatic rings. The number of amides is 1. The van der Waals surface area contributed by atoms with Crippen molar-refractivity contribution in [3.05, 3.63) is 101 Å². The quantitative estimate of drug-likeness (QED) is 0.485. The molecular weight excluding hydrogens is 417 g/mol. The predicted molar refractivity (Wildman–Crippen MR) is 125 cm³/mol. The Morgan fingerprint density at radius 2 is 1.97 bits per heavy atom. The van der Waals surface area contributed by atoms with Gasteiger partial charge in [0.1, 0.15) is 11.9 Å². The third kappa shape index (κ3) is 4.81. The van der Waals surface area contributed by atoms with E-state index >= 15 is 0 Å². The number of para-hydroxylation sites is 1. The molecule has 2 aromatic carbocycles. The van der Waals surface area contributed by atoms with Gasteiger partial charge in [0.2, 0.25) is 5.91 Å². The Morgan fingerprint density at radius 3 is 2.82 bits per heavy atom. The summed E-state index contributed by atoms with van der Waals surface area (Å²) in [5, 5.41) is 1.08. The first kappa shape index (κ1) is 21.3. The Bertz CT molecular complexity index is 1280. The molecule has 5 rings (SSSR count). The zero-order valence-electron chi connectivity index (χ0n) is 18.6. The lowest BCUT2D eigenvalue weighted by molar-refractivity contribution is -0.138. The van der Waals surface area contributed by atoms with Crippen LogP contribution in [-0.4, -0.2) is 40.5 Å². The first-order valence-electron chi connectivity index (χ1n) is 11.2. The Labute approximate surface area is 192 Å². The number of carbonyl (C=O) groups excluding carboxylic acids is 1. The van der Waals surface area contributed by atoms with Gasteiger partial charge in [0.25, 0.3) is 0 Å². The van der Waals surface area contributed by atoms with Gasteiger partial charge < -0.3 is 14.6 Å². The number of hydrogen-bond donors (Lipinski definition) is 1. The minimum atomic E-state index is -0.266. The molecule has 4 aromatic rings. The molecule has 168 valence electrons. The van der Waals surface area contributed by atoms with Crippen LogP contribution in [0.1, 0.15) is 34.2 Å². The highest BCUT2D eigenvalue weighted by atomic mass is 19.1. The van der Waals surface area contributed by atoms with Crippen LogP contribution in [-0.2, 0) is 22.4 Å². The van der Waals surface area contributed by atoms with E-state index < -0.39 is 0 Å². The van der Waals surface area contributed by atoms with Crippen molar-refractivity contribution in [2.45, 2.75) is 25.9 Å². The highest BCUT2D eigenvalue weighted by molar-refractivity contribution is 5.88. The summed E-state index contributed by atoms with van der Waals surface area (Å²) in [6, 6.07) is 18.6. The molecule has 0 radical (unpaired) electrons. The van der Waals surface area contributed by atoms with Gasteiger partial charge >= 0.3 is 0 Å². The second-order valence-corrected chi connectivity index (χ2v) is 8.58. The number of H-pyrrole nitrogens is 1. The Balaban J connectivity index is 1.30. The molecule has 0 aliphatic carbocycles. The maximum Gasteiger partial charge on any atom is 0.227 e. The molecule has 1 aliphatic heterocycles.